The number of thiol groups is 1. The van der Waals surface area contributed by atoms with Crippen molar-refractivity contribution in [1.82, 2.24) is 4.98 Å². The van der Waals surface area contributed by atoms with Crippen LogP contribution in [0.15, 0.2) is 53.6 Å². The average Bonchev–Trinajstić information content (AvgIpc) is 2.28. The standard InChI is InChI=1S/C13H9NS/c15-10-4-5-11-9(8-10)3-6-13-12(11)2-1-7-14-13/h1-8,15H. The second-order valence-electron chi connectivity index (χ2n) is 3.54. The highest BCUT2D eigenvalue weighted by atomic mass is 32.1. The van der Waals surface area contributed by atoms with Crippen LogP contribution in [-0.2, 0) is 0 Å². The second-order valence-corrected chi connectivity index (χ2v) is 4.06. The van der Waals surface area contributed by atoms with Gasteiger partial charge in [0.1, 0.15) is 0 Å². The molecule has 0 aliphatic rings. The van der Waals surface area contributed by atoms with Crippen molar-refractivity contribution >= 4 is 34.3 Å². The Bertz CT molecular complexity index is 646. The van der Waals surface area contributed by atoms with Crippen molar-refractivity contribution in [2.24, 2.45) is 0 Å². The number of benzene rings is 2. The van der Waals surface area contributed by atoms with Crippen LogP contribution in [0.2, 0.25) is 0 Å². The first-order valence-corrected chi connectivity index (χ1v) is 5.26. The Hall–Kier alpha value is -1.54. The number of fused-ring (bicyclic) bond motifs is 3. The van der Waals surface area contributed by atoms with E-state index in [2.05, 4.69) is 41.9 Å². The van der Waals surface area contributed by atoms with Crippen LogP contribution in [-0.4, -0.2) is 4.98 Å². The van der Waals surface area contributed by atoms with Gasteiger partial charge in [0.15, 0.2) is 0 Å². The zero-order valence-corrected chi connectivity index (χ0v) is 8.91. The van der Waals surface area contributed by atoms with Crippen LogP contribution in [0.4, 0.5) is 0 Å². The van der Waals surface area contributed by atoms with E-state index in [0.29, 0.717) is 0 Å². The summed E-state index contributed by atoms with van der Waals surface area (Å²) in [6.07, 6.45) is 1.82. The third kappa shape index (κ3) is 1.38. The van der Waals surface area contributed by atoms with Gasteiger partial charge in [-0.2, -0.15) is 0 Å². The summed E-state index contributed by atoms with van der Waals surface area (Å²) in [5.41, 5.74) is 1.04. The van der Waals surface area contributed by atoms with Crippen molar-refractivity contribution in [3.05, 3.63) is 48.7 Å². The van der Waals surface area contributed by atoms with Crippen LogP contribution in [0.3, 0.4) is 0 Å². The fraction of sp³-hybridized carbons (Fsp3) is 0. The van der Waals surface area contributed by atoms with Crippen molar-refractivity contribution in [2.45, 2.75) is 4.90 Å². The summed E-state index contributed by atoms with van der Waals surface area (Å²) >= 11 is 4.34. The molecule has 0 saturated carbocycles. The molecule has 0 atom stereocenters. The van der Waals surface area contributed by atoms with Crippen molar-refractivity contribution in [3.8, 4) is 0 Å². The summed E-state index contributed by atoms with van der Waals surface area (Å²) in [6.45, 7) is 0. The van der Waals surface area contributed by atoms with E-state index in [1.807, 2.05) is 24.4 Å². The zero-order chi connectivity index (χ0) is 10.3. The number of nitrogens with zero attached hydrogens (tertiary/aromatic N) is 1. The van der Waals surface area contributed by atoms with Crippen LogP contribution in [0.5, 0.6) is 0 Å². The molecule has 72 valence electrons. The highest BCUT2D eigenvalue weighted by Gasteiger charge is 2.00. The van der Waals surface area contributed by atoms with Gasteiger partial charge in [-0.3, -0.25) is 4.98 Å². The fourth-order valence-corrected chi connectivity index (χ4v) is 2.09. The molecule has 1 nitrogen and oxygen atoms in total. The van der Waals surface area contributed by atoms with Crippen molar-refractivity contribution < 1.29 is 0 Å². The van der Waals surface area contributed by atoms with Gasteiger partial charge in [-0.1, -0.05) is 18.2 Å². The molecule has 0 saturated heterocycles. The summed E-state index contributed by atoms with van der Waals surface area (Å²) < 4.78 is 0. The molecule has 0 radical (unpaired) electrons. The van der Waals surface area contributed by atoms with Gasteiger partial charge in [-0.25, -0.2) is 0 Å². The molecule has 15 heavy (non-hydrogen) atoms. The van der Waals surface area contributed by atoms with Crippen molar-refractivity contribution in [3.63, 3.8) is 0 Å². The fourth-order valence-electron chi connectivity index (χ4n) is 1.88. The van der Waals surface area contributed by atoms with Crippen molar-refractivity contribution in [2.75, 3.05) is 0 Å². The number of hydrogen-bond donors (Lipinski definition) is 1. The van der Waals surface area contributed by atoms with Gasteiger partial charge in [-0.15, -0.1) is 12.6 Å². The Balaban J connectivity index is 2.55. The molecular weight excluding hydrogens is 202 g/mol. The molecule has 0 spiro atoms. The SMILES string of the molecule is Sc1ccc2c(ccc3ncccc32)c1. The zero-order valence-electron chi connectivity index (χ0n) is 8.01. The topological polar surface area (TPSA) is 12.9 Å². The first-order chi connectivity index (χ1) is 7.34. The molecule has 0 aliphatic heterocycles. The van der Waals surface area contributed by atoms with E-state index in [-0.39, 0.29) is 0 Å². The summed E-state index contributed by atoms with van der Waals surface area (Å²) in [4.78, 5) is 5.33. The predicted octanol–water partition coefficient (Wildman–Crippen LogP) is 3.68. The van der Waals surface area contributed by atoms with E-state index in [4.69, 9.17) is 0 Å². The molecule has 1 aromatic heterocycles. The normalized spacial score (nSPS) is 11.0. The lowest BCUT2D eigenvalue weighted by Gasteiger charge is -2.03. The average molecular weight is 211 g/mol. The van der Waals surface area contributed by atoms with E-state index < -0.39 is 0 Å². The molecule has 0 fully saturated rings. The number of hydrogen-bond acceptors (Lipinski definition) is 2. The molecule has 0 bridgehead atoms. The molecule has 0 aliphatic carbocycles. The van der Waals surface area contributed by atoms with E-state index in [1.165, 1.54) is 16.2 Å². The Morgan fingerprint density at radius 1 is 0.933 bits per heavy atom. The Morgan fingerprint density at radius 2 is 1.87 bits per heavy atom. The van der Waals surface area contributed by atoms with E-state index >= 15 is 0 Å². The Morgan fingerprint density at radius 3 is 2.80 bits per heavy atom. The summed E-state index contributed by atoms with van der Waals surface area (Å²) in [7, 11) is 0. The van der Waals surface area contributed by atoms with Gasteiger partial charge < -0.3 is 0 Å². The molecule has 0 N–H and O–H groups in total. The molecule has 2 heteroatoms. The predicted molar refractivity (Wildman–Crippen MR) is 66.5 cm³/mol. The summed E-state index contributed by atoms with van der Waals surface area (Å²) in [5.74, 6) is 0. The van der Waals surface area contributed by atoms with Crippen molar-refractivity contribution in [1.29, 1.82) is 0 Å². The lowest BCUT2D eigenvalue weighted by Crippen LogP contribution is -1.80. The molecule has 0 amide bonds. The third-order valence-electron chi connectivity index (χ3n) is 2.58. The van der Waals surface area contributed by atoms with Crippen LogP contribution in [0, 0.1) is 0 Å². The Labute approximate surface area is 93.2 Å². The molecule has 3 rings (SSSR count). The van der Waals surface area contributed by atoms with E-state index in [9.17, 15) is 0 Å². The number of rotatable bonds is 0. The maximum Gasteiger partial charge on any atom is 0.0708 e. The molecule has 2 aromatic carbocycles. The van der Waals surface area contributed by atoms with Gasteiger partial charge in [-0.05, 0) is 35.0 Å². The van der Waals surface area contributed by atoms with E-state index in [0.717, 1.165) is 10.4 Å². The lowest BCUT2D eigenvalue weighted by atomic mass is 10.1. The van der Waals surface area contributed by atoms with Gasteiger partial charge >= 0.3 is 0 Å². The van der Waals surface area contributed by atoms with Gasteiger partial charge in [0, 0.05) is 16.5 Å². The molecule has 3 aromatic rings. The minimum Gasteiger partial charge on any atom is -0.256 e. The maximum absolute atomic E-state index is 4.34. The van der Waals surface area contributed by atoms with Gasteiger partial charge in [0.2, 0.25) is 0 Å². The smallest absolute Gasteiger partial charge is 0.0708 e. The minimum absolute atomic E-state index is 0.991. The molecule has 1 heterocycles. The van der Waals surface area contributed by atoms with Crippen LogP contribution in [0.25, 0.3) is 21.7 Å². The number of pyridine rings is 1. The van der Waals surface area contributed by atoms with E-state index in [1.54, 1.807) is 0 Å². The maximum atomic E-state index is 4.34. The van der Waals surface area contributed by atoms with Crippen LogP contribution < -0.4 is 0 Å². The van der Waals surface area contributed by atoms with Crippen LogP contribution in [0.1, 0.15) is 0 Å². The molecular formula is C13H9NS. The largest absolute Gasteiger partial charge is 0.256 e. The first-order valence-electron chi connectivity index (χ1n) is 4.81. The second kappa shape index (κ2) is 3.24. The number of aromatic nitrogens is 1. The lowest BCUT2D eigenvalue weighted by molar-refractivity contribution is 1.42. The monoisotopic (exact) mass is 211 g/mol. The summed E-state index contributed by atoms with van der Waals surface area (Å²) in [6, 6.07) is 14.4. The van der Waals surface area contributed by atoms with Gasteiger partial charge in [0.05, 0.1) is 5.52 Å². The quantitative estimate of drug-likeness (QED) is 0.442. The summed E-state index contributed by atoms with van der Waals surface area (Å²) in [5, 5.41) is 3.64. The molecule has 0 unspecified atom stereocenters. The third-order valence-corrected chi connectivity index (χ3v) is 2.86. The Kier molecular flexibility index (Phi) is 1.89. The first kappa shape index (κ1) is 8.74. The minimum atomic E-state index is 0.991. The highest BCUT2D eigenvalue weighted by molar-refractivity contribution is 7.80. The van der Waals surface area contributed by atoms with Gasteiger partial charge in [0.25, 0.3) is 0 Å². The highest BCUT2D eigenvalue weighted by Crippen LogP contribution is 2.25. The van der Waals surface area contributed by atoms with Crippen LogP contribution >= 0.6 is 12.6 Å².